The van der Waals surface area contributed by atoms with Crippen LogP contribution in [0.25, 0.3) is 0 Å². The second-order valence-corrected chi connectivity index (χ2v) is 6.05. The lowest BCUT2D eigenvalue weighted by atomic mass is 10.00. The van der Waals surface area contributed by atoms with Crippen molar-refractivity contribution in [2.75, 3.05) is 33.1 Å². The van der Waals surface area contributed by atoms with Gasteiger partial charge >= 0.3 is 0 Å². The number of hydrogen-bond acceptors (Lipinski definition) is 2. The fraction of sp³-hybridized carbons (Fsp3) is 0.944. The smallest absolute Gasteiger partial charge is 0.0995 e. The van der Waals surface area contributed by atoms with Gasteiger partial charge in [0.1, 0.15) is 0 Å². The molecule has 0 bridgehead atoms. The molecular weight excluding hydrogens is 286 g/mol. The minimum Gasteiger partial charge on any atom is -0.381 e. The van der Waals surface area contributed by atoms with E-state index in [4.69, 9.17) is 9.47 Å². The molecule has 0 aromatic heterocycles. The van der Waals surface area contributed by atoms with E-state index >= 15 is 0 Å². The van der Waals surface area contributed by atoms with E-state index in [1.807, 2.05) is 0 Å². The van der Waals surface area contributed by atoms with Crippen LogP contribution in [0, 0.1) is 12.8 Å². The monoisotopic (exact) mass is 321 g/mol. The van der Waals surface area contributed by atoms with Crippen molar-refractivity contribution < 1.29 is 18.3 Å². The summed E-state index contributed by atoms with van der Waals surface area (Å²) in [7, 11) is 0. The molecule has 0 rings (SSSR count). The van der Waals surface area contributed by atoms with Gasteiger partial charge in [-0.1, -0.05) is 32.6 Å². The van der Waals surface area contributed by atoms with E-state index in [1.54, 1.807) is 6.92 Å². The number of unbranched alkanes of at least 4 members (excludes halogenated alkanes) is 4. The van der Waals surface area contributed by atoms with Crippen LogP contribution in [0.2, 0.25) is 0 Å². The molecule has 0 aliphatic carbocycles. The van der Waals surface area contributed by atoms with E-state index in [0.29, 0.717) is 32.0 Å². The molecule has 0 spiro atoms. The Labute approximate surface area is 136 Å². The van der Waals surface area contributed by atoms with Crippen molar-refractivity contribution in [1.29, 1.82) is 0 Å². The number of rotatable bonds is 17. The standard InChI is InChI=1S/C18H35F2O2/c1-17(10-15-21-14-8-6-12-19)9-5-3-4-7-13-22-16-11-18(2)20/h17-18H,1,3-16H2,2H3. The minimum absolute atomic E-state index is 0.249. The Bertz CT molecular complexity index is 213. The zero-order chi connectivity index (χ0) is 16.5. The summed E-state index contributed by atoms with van der Waals surface area (Å²) in [5.41, 5.74) is 0. The van der Waals surface area contributed by atoms with E-state index in [1.165, 1.54) is 12.8 Å². The normalized spacial score (nSPS) is 14.2. The van der Waals surface area contributed by atoms with Gasteiger partial charge in [-0.2, -0.15) is 0 Å². The molecule has 1 radical (unpaired) electrons. The molecule has 0 heterocycles. The molecule has 0 saturated heterocycles. The second kappa shape index (κ2) is 17.1. The molecule has 0 aliphatic heterocycles. The van der Waals surface area contributed by atoms with Gasteiger partial charge in [-0.3, -0.25) is 4.39 Å². The predicted octanol–water partition coefficient (Wildman–Crippen LogP) is 5.31. The van der Waals surface area contributed by atoms with Crippen LogP contribution in [0.15, 0.2) is 0 Å². The Morgan fingerprint density at radius 3 is 2.00 bits per heavy atom. The van der Waals surface area contributed by atoms with E-state index in [2.05, 4.69) is 6.92 Å². The van der Waals surface area contributed by atoms with Crippen LogP contribution in [0.3, 0.4) is 0 Å². The summed E-state index contributed by atoms with van der Waals surface area (Å²) in [6, 6.07) is 0. The predicted molar refractivity (Wildman–Crippen MR) is 88.6 cm³/mol. The molecule has 2 unspecified atom stereocenters. The molecule has 0 aromatic rings. The lowest BCUT2D eigenvalue weighted by molar-refractivity contribution is 0.111. The highest BCUT2D eigenvalue weighted by Crippen LogP contribution is 2.13. The zero-order valence-corrected chi connectivity index (χ0v) is 14.3. The van der Waals surface area contributed by atoms with Gasteiger partial charge in [0.25, 0.3) is 0 Å². The maximum atomic E-state index is 12.5. The van der Waals surface area contributed by atoms with Crippen LogP contribution in [0.5, 0.6) is 0 Å². The topological polar surface area (TPSA) is 18.5 Å². The maximum absolute atomic E-state index is 12.5. The molecule has 0 aromatic carbocycles. The molecule has 0 aliphatic rings. The van der Waals surface area contributed by atoms with Crippen molar-refractivity contribution >= 4 is 0 Å². The second-order valence-electron chi connectivity index (χ2n) is 6.05. The summed E-state index contributed by atoms with van der Waals surface area (Å²) in [4.78, 5) is 0. The van der Waals surface area contributed by atoms with Crippen molar-refractivity contribution in [2.45, 2.75) is 70.9 Å². The van der Waals surface area contributed by atoms with Crippen molar-refractivity contribution in [2.24, 2.45) is 5.92 Å². The summed E-state index contributed by atoms with van der Waals surface area (Å²) in [6.45, 7) is 8.14. The fourth-order valence-electron chi connectivity index (χ4n) is 2.13. The molecule has 0 N–H and O–H groups in total. The molecule has 2 nitrogen and oxygen atoms in total. The zero-order valence-electron chi connectivity index (χ0n) is 14.3. The first-order valence-electron chi connectivity index (χ1n) is 8.85. The third kappa shape index (κ3) is 17.8. The molecule has 2 atom stereocenters. The van der Waals surface area contributed by atoms with E-state index < -0.39 is 6.17 Å². The van der Waals surface area contributed by atoms with Gasteiger partial charge in [0.15, 0.2) is 0 Å². The number of alkyl halides is 2. The molecule has 0 amide bonds. The van der Waals surface area contributed by atoms with Gasteiger partial charge in [-0.05, 0) is 38.5 Å². The Morgan fingerprint density at radius 1 is 0.773 bits per heavy atom. The van der Waals surface area contributed by atoms with Crippen LogP contribution in [-0.4, -0.2) is 39.3 Å². The fourth-order valence-corrected chi connectivity index (χ4v) is 2.13. The van der Waals surface area contributed by atoms with E-state index in [9.17, 15) is 8.78 Å². The Balaban J connectivity index is 3.13. The average Bonchev–Trinajstić information content (AvgIpc) is 2.48. The van der Waals surface area contributed by atoms with Crippen molar-refractivity contribution in [3.8, 4) is 0 Å². The van der Waals surface area contributed by atoms with E-state index in [-0.39, 0.29) is 6.67 Å². The summed E-state index contributed by atoms with van der Waals surface area (Å²) < 4.78 is 35.2. The first-order chi connectivity index (χ1) is 10.7. The summed E-state index contributed by atoms with van der Waals surface area (Å²) in [5.74, 6) is 0.448. The van der Waals surface area contributed by atoms with Crippen molar-refractivity contribution in [3.05, 3.63) is 6.92 Å². The average molecular weight is 321 g/mol. The van der Waals surface area contributed by atoms with Gasteiger partial charge in [-0.15, -0.1) is 0 Å². The molecule has 0 saturated carbocycles. The highest BCUT2D eigenvalue weighted by atomic mass is 19.1. The first kappa shape index (κ1) is 21.8. The van der Waals surface area contributed by atoms with Gasteiger partial charge in [-0.25, -0.2) is 4.39 Å². The minimum atomic E-state index is -0.762. The van der Waals surface area contributed by atoms with E-state index in [0.717, 1.165) is 45.3 Å². The lowest BCUT2D eigenvalue weighted by Crippen LogP contribution is -2.04. The van der Waals surface area contributed by atoms with Crippen LogP contribution in [0.4, 0.5) is 8.78 Å². The summed E-state index contributed by atoms with van der Waals surface area (Å²) in [5, 5.41) is 0. The highest BCUT2D eigenvalue weighted by molar-refractivity contribution is 4.61. The Kier molecular flexibility index (Phi) is 17.0. The molecule has 133 valence electrons. The summed E-state index contributed by atoms with van der Waals surface area (Å²) in [6.07, 6.45) is 7.88. The first-order valence-corrected chi connectivity index (χ1v) is 8.85. The van der Waals surface area contributed by atoms with Crippen LogP contribution in [-0.2, 0) is 9.47 Å². The van der Waals surface area contributed by atoms with Gasteiger partial charge < -0.3 is 9.47 Å². The highest BCUT2D eigenvalue weighted by Gasteiger charge is 2.02. The quantitative estimate of drug-likeness (QED) is 0.338. The van der Waals surface area contributed by atoms with Gasteiger partial charge in [0.2, 0.25) is 0 Å². The Hall–Kier alpha value is -0.220. The third-order valence-corrected chi connectivity index (χ3v) is 3.65. The maximum Gasteiger partial charge on any atom is 0.0995 e. The van der Waals surface area contributed by atoms with Crippen molar-refractivity contribution in [3.63, 3.8) is 0 Å². The Morgan fingerprint density at radius 2 is 1.36 bits per heavy atom. The van der Waals surface area contributed by atoms with Crippen molar-refractivity contribution in [1.82, 2.24) is 0 Å². The van der Waals surface area contributed by atoms with Gasteiger partial charge in [0, 0.05) is 32.8 Å². The third-order valence-electron chi connectivity index (χ3n) is 3.65. The number of halogens is 2. The van der Waals surface area contributed by atoms with Crippen LogP contribution in [0.1, 0.15) is 64.7 Å². The van der Waals surface area contributed by atoms with Crippen LogP contribution < -0.4 is 0 Å². The van der Waals surface area contributed by atoms with Crippen LogP contribution >= 0.6 is 0 Å². The molecular formula is C18H35F2O2. The molecule has 0 fully saturated rings. The number of ether oxygens (including phenoxy) is 2. The molecule has 22 heavy (non-hydrogen) atoms. The SMILES string of the molecule is [CH2]C(CCCCCCOCCC(C)F)CCOCCCCF. The number of hydrogen-bond donors (Lipinski definition) is 0. The lowest BCUT2D eigenvalue weighted by Gasteiger charge is -2.11. The molecule has 4 heteroatoms. The summed E-state index contributed by atoms with van der Waals surface area (Å²) >= 11 is 0. The van der Waals surface area contributed by atoms with Gasteiger partial charge in [0.05, 0.1) is 12.8 Å². The largest absolute Gasteiger partial charge is 0.381 e.